The fraction of sp³-hybridized carbons (Fsp3) is 0.0526. The predicted molar refractivity (Wildman–Crippen MR) is 431 cm³/mol. The third-order valence-electron chi connectivity index (χ3n) is 19.7. The molecule has 4 aliphatic rings. The number of aromatic nitrogens is 8. The monoisotopic (exact) mass is 1510 g/mol. The van der Waals surface area contributed by atoms with Crippen molar-refractivity contribution in [2.24, 2.45) is 0 Å². The van der Waals surface area contributed by atoms with Crippen molar-refractivity contribution in [1.82, 2.24) is 39.9 Å². The van der Waals surface area contributed by atoms with E-state index in [1.165, 1.54) is 0 Å². The van der Waals surface area contributed by atoms with E-state index in [0.717, 1.165) is 156 Å². The second kappa shape index (κ2) is 31.3. The van der Waals surface area contributed by atoms with Crippen LogP contribution in [0.3, 0.4) is 0 Å². The SMILES string of the molecule is O=C(OCCCCCOC(=O)c1ccc(-c2c3nc(c(-c4ccccc4)c4ccc([n-]4)c(-c4ccccc4)c4nc(c(-c5ccccc5)c5ccc2[n-]5)C=C4)C=C3)cc1)c1ccc(-c2c3nc(c(-c4ccccc4)c4ccc([n-]4)c(-c4ccccc4)c4nc(c(-c5ccccc5)c5ccc2[n-]5)C=C4)C=C3)cc1.[Zn+2].[Zn+2]. The van der Waals surface area contributed by atoms with Gasteiger partial charge in [0, 0.05) is 0 Å². The van der Waals surface area contributed by atoms with Crippen molar-refractivity contribution in [1.29, 1.82) is 0 Å². The van der Waals surface area contributed by atoms with Gasteiger partial charge in [-0.15, -0.1) is 44.1 Å². The van der Waals surface area contributed by atoms with Crippen LogP contribution in [-0.2, 0) is 48.4 Å². The molecule has 18 rings (SSSR count). The Hall–Kier alpha value is -12.9. The zero-order valence-electron chi connectivity index (χ0n) is 59.3. The number of nitrogens with zero attached hydrogens (tertiary/aromatic N) is 8. The van der Waals surface area contributed by atoms with Gasteiger partial charge in [0.1, 0.15) is 0 Å². The molecule has 4 aliphatic heterocycles. The summed E-state index contributed by atoms with van der Waals surface area (Å²) in [5, 5.41) is 0. The van der Waals surface area contributed by atoms with Gasteiger partial charge in [-0.25, -0.2) is 29.5 Å². The van der Waals surface area contributed by atoms with Gasteiger partial charge in [0.25, 0.3) is 0 Å². The zero-order valence-corrected chi connectivity index (χ0v) is 65.3. The van der Waals surface area contributed by atoms with Crippen molar-refractivity contribution >= 4 is 105 Å². The first-order valence-electron chi connectivity index (χ1n) is 35.9. The second-order valence-corrected chi connectivity index (χ2v) is 26.4. The molecule has 0 fully saturated rings. The summed E-state index contributed by atoms with van der Waals surface area (Å²) in [6.07, 6.45) is 18.3. The van der Waals surface area contributed by atoms with E-state index in [0.29, 0.717) is 52.8 Å². The van der Waals surface area contributed by atoms with Crippen LogP contribution in [0.25, 0.3) is 182 Å². The molecule has 10 heterocycles. The van der Waals surface area contributed by atoms with Gasteiger partial charge in [-0.3, -0.25) is 0 Å². The number of unbranched alkanes of at least 4 members (excludes halogenated alkanes) is 2. The molecule has 14 heteroatoms. The van der Waals surface area contributed by atoms with E-state index in [2.05, 4.69) is 121 Å². The molecule has 0 aliphatic carbocycles. The molecule has 12 nitrogen and oxygen atoms in total. The molecule has 14 aromatic rings. The Morgan fingerprint density at radius 1 is 0.220 bits per heavy atom. The number of hydrogen-bond acceptors (Lipinski definition) is 8. The van der Waals surface area contributed by atoms with Crippen LogP contribution in [-0.4, -0.2) is 45.1 Å². The first-order valence-corrected chi connectivity index (χ1v) is 35.9. The van der Waals surface area contributed by atoms with Gasteiger partial charge in [-0.1, -0.05) is 255 Å². The summed E-state index contributed by atoms with van der Waals surface area (Å²) in [6, 6.07) is 92.8. The van der Waals surface area contributed by atoms with E-state index < -0.39 is 11.9 Å². The number of esters is 2. The molecule has 0 radical (unpaired) electrons. The van der Waals surface area contributed by atoms with E-state index in [-0.39, 0.29) is 52.2 Å². The van der Waals surface area contributed by atoms with Crippen LogP contribution in [0.4, 0.5) is 0 Å². The maximum absolute atomic E-state index is 13.8. The number of ether oxygens (including phenoxy) is 2. The van der Waals surface area contributed by atoms with Crippen LogP contribution in [0.2, 0.25) is 0 Å². The molecule has 109 heavy (non-hydrogen) atoms. The van der Waals surface area contributed by atoms with Crippen LogP contribution in [0.1, 0.15) is 85.5 Å². The summed E-state index contributed by atoms with van der Waals surface area (Å²) >= 11 is 0. The Morgan fingerprint density at radius 3 is 0.578 bits per heavy atom. The number of hydrogen-bond donors (Lipinski definition) is 0. The minimum Gasteiger partial charge on any atom is -0.657 e. The Balaban J connectivity index is 0.00000452. The second-order valence-electron chi connectivity index (χ2n) is 26.4. The van der Waals surface area contributed by atoms with Crippen molar-refractivity contribution in [3.63, 3.8) is 0 Å². The quantitative estimate of drug-likeness (QED) is 0.0512. The number of benzene rings is 8. The molecule has 512 valence electrons. The van der Waals surface area contributed by atoms with E-state index in [1.54, 1.807) is 24.3 Å². The standard InChI is InChI=1S/C95H66N8O4.2Zn/c104-94(68-38-34-66(35-39-68)92-82-54-50-78(100-82)88(62-26-12-3-13-27-62)74-46-42-70(96-74)86(60-22-8-1-9-23-60)71-43-47-75(97-71)89(63-28-14-4-15-29-63)79-51-55-83(92)101-79)106-58-20-7-21-59-107-95(105)69-40-36-67(37-41-69)93-84-56-52-80(102-84)90(64-30-16-5-17-31-64)76-48-44-72(98-76)87(61-24-10-2-11-25-61)73-45-49-77(99-73)91(65-32-18-6-19-33-65)81-53-57-85(93)103-81;;/h1-6,8-19,22-57H,7,20-21,58-59H2,(H2-2,96,97,98,99,100,101,102,103,104,105);;/q-2;2*+2/p-2. The molecule has 0 saturated heterocycles. The van der Waals surface area contributed by atoms with Crippen LogP contribution in [0.15, 0.2) is 279 Å². The van der Waals surface area contributed by atoms with Crippen LogP contribution >= 0.6 is 0 Å². The fourth-order valence-electron chi connectivity index (χ4n) is 14.6. The smallest absolute Gasteiger partial charge is 0.657 e. The first-order chi connectivity index (χ1) is 52.9. The van der Waals surface area contributed by atoms with Gasteiger partial charge in [0.2, 0.25) is 0 Å². The number of fused-ring (bicyclic) bond motifs is 16. The van der Waals surface area contributed by atoms with E-state index in [1.807, 2.05) is 182 Å². The van der Waals surface area contributed by atoms with Crippen molar-refractivity contribution in [3.8, 4) is 89.0 Å². The molecule has 0 spiro atoms. The molecule has 0 amide bonds. The van der Waals surface area contributed by atoms with Crippen molar-refractivity contribution in [2.75, 3.05) is 13.2 Å². The molecular formula is C95H64N8O4Zn2. The number of rotatable bonds is 16. The Kier molecular flexibility index (Phi) is 20.2. The third kappa shape index (κ3) is 14.2. The summed E-state index contributed by atoms with van der Waals surface area (Å²) in [7, 11) is 0. The first kappa shape index (κ1) is 70.5. The van der Waals surface area contributed by atoms with Crippen LogP contribution < -0.4 is 19.9 Å². The Bertz CT molecular complexity index is 5830. The summed E-state index contributed by atoms with van der Waals surface area (Å²) in [4.78, 5) is 70.7. The minimum absolute atomic E-state index is 0. The molecule has 0 N–H and O–H groups in total. The Morgan fingerprint density at radius 2 is 0.394 bits per heavy atom. The van der Waals surface area contributed by atoms with Crippen molar-refractivity contribution < 1.29 is 58.0 Å². The van der Waals surface area contributed by atoms with Gasteiger partial charge in [0.15, 0.2) is 0 Å². The van der Waals surface area contributed by atoms with E-state index >= 15 is 0 Å². The summed E-state index contributed by atoms with van der Waals surface area (Å²) in [5.41, 5.74) is 27.5. The topological polar surface area (TPSA) is 161 Å². The van der Waals surface area contributed by atoms with Crippen LogP contribution in [0.5, 0.6) is 0 Å². The molecule has 16 bridgehead atoms. The van der Waals surface area contributed by atoms with Crippen LogP contribution in [0, 0.1) is 0 Å². The molecule has 6 aromatic heterocycles. The average Bonchev–Trinajstić information content (AvgIpc) is 1.61. The number of carbonyl (C=O) groups excluding carboxylic acids is 2. The molecule has 0 unspecified atom stereocenters. The summed E-state index contributed by atoms with van der Waals surface area (Å²) in [5.74, 6) is -0.877. The van der Waals surface area contributed by atoms with E-state index in [9.17, 15) is 9.59 Å². The normalized spacial score (nSPS) is 11.8. The van der Waals surface area contributed by atoms with Gasteiger partial charge in [-0.05, 0) is 181 Å². The largest absolute Gasteiger partial charge is 2.00 e. The Labute approximate surface area is 655 Å². The third-order valence-corrected chi connectivity index (χ3v) is 19.7. The molecule has 8 aromatic carbocycles. The fourth-order valence-corrected chi connectivity index (χ4v) is 14.6. The summed E-state index contributed by atoms with van der Waals surface area (Å²) < 4.78 is 11.7. The van der Waals surface area contributed by atoms with Crippen molar-refractivity contribution in [3.05, 3.63) is 336 Å². The maximum atomic E-state index is 13.8. The van der Waals surface area contributed by atoms with Crippen molar-refractivity contribution in [2.45, 2.75) is 19.3 Å². The van der Waals surface area contributed by atoms with Gasteiger partial charge >= 0.3 is 50.9 Å². The maximum Gasteiger partial charge on any atom is 2.00 e. The van der Waals surface area contributed by atoms with Gasteiger partial charge in [0.05, 0.1) is 69.9 Å². The molecule has 0 atom stereocenters. The summed E-state index contributed by atoms with van der Waals surface area (Å²) in [6.45, 7) is 0.389. The molecule has 0 saturated carbocycles. The zero-order chi connectivity index (χ0) is 71.6. The average molecular weight is 1510 g/mol. The minimum atomic E-state index is -0.439. The van der Waals surface area contributed by atoms with E-state index in [4.69, 9.17) is 49.3 Å². The predicted octanol–water partition coefficient (Wildman–Crippen LogP) is 21.7. The number of carbonyl (C=O) groups is 2. The molecular weight excluding hydrogens is 1450 g/mol. The van der Waals surface area contributed by atoms with Gasteiger partial charge in [-0.2, -0.15) is 0 Å². The van der Waals surface area contributed by atoms with Gasteiger partial charge < -0.3 is 29.4 Å².